The summed E-state index contributed by atoms with van der Waals surface area (Å²) in [7, 11) is 0. The second-order valence-corrected chi connectivity index (χ2v) is 5.43. The van der Waals surface area contributed by atoms with Gasteiger partial charge in [-0.25, -0.2) is 4.79 Å². The molecule has 0 aliphatic heterocycles. The van der Waals surface area contributed by atoms with Crippen LogP contribution in [0.1, 0.15) is 24.5 Å². The first-order valence-corrected chi connectivity index (χ1v) is 6.89. The first kappa shape index (κ1) is 14.8. The topological polar surface area (TPSA) is 57.5 Å². The molecule has 0 aromatic heterocycles. The average Bonchev–Trinajstić information content (AvgIpc) is 2.35. The van der Waals surface area contributed by atoms with Crippen molar-refractivity contribution in [1.29, 1.82) is 0 Å². The summed E-state index contributed by atoms with van der Waals surface area (Å²) >= 11 is 1.76. The van der Waals surface area contributed by atoms with Crippen LogP contribution in [0, 0.1) is 0 Å². The number of aliphatic carboxylic acids is 1. The third-order valence-corrected chi connectivity index (χ3v) is 3.80. The van der Waals surface area contributed by atoms with Crippen LogP contribution in [-0.4, -0.2) is 28.0 Å². The fraction of sp³-hybridized carbons (Fsp3) is 0.357. The Bertz CT molecular complexity index is 415. The van der Waals surface area contributed by atoms with Gasteiger partial charge in [0, 0.05) is 23.7 Å². The molecule has 0 saturated heterocycles. The zero-order valence-electron chi connectivity index (χ0n) is 10.4. The third-order valence-electron chi connectivity index (χ3n) is 2.52. The van der Waals surface area contributed by atoms with Gasteiger partial charge >= 0.3 is 5.97 Å². The predicted octanol–water partition coefficient (Wildman–Crippen LogP) is 2.79. The van der Waals surface area contributed by atoms with Crippen molar-refractivity contribution < 1.29 is 15.0 Å². The van der Waals surface area contributed by atoms with Gasteiger partial charge in [0.2, 0.25) is 0 Å². The minimum atomic E-state index is -0.939. The van der Waals surface area contributed by atoms with Crippen LogP contribution in [0.15, 0.2) is 30.3 Å². The van der Waals surface area contributed by atoms with Gasteiger partial charge in [-0.15, -0.1) is 0 Å². The van der Waals surface area contributed by atoms with Crippen LogP contribution >= 0.6 is 11.8 Å². The van der Waals surface area contributed by atoms with Crippen LogP contribution in [0.3, 0.4) is 0 Å². The second-order valence-electron chi connectivity index (χ2n) is 4.00. The van der Waals surface area contributed by atoms with Gasteiger partial charge in [0.1, 0.15) is 0 Å². The van der Waals surface area contributed by atoms with Crippen LogP contribution in [0.4, 0.5) is 0 Å². The lowest BCUT2D eigenvalue weighted by atomic mass is 10.1. The highest BCUT2D eigenvalue weighted by atomic mass is 32.2. The minimum absolute atomic E-state index is 0.203. The number of rotatable bonds is 7. The highest BCUT2D eigenvalue weighted by Crippen LogP contribution is 2.22. The molecular weight excluding hydrogens is 248 g/mol. The molecule has 0 saturated carbocycles. The Hall–Kier alpha value is -1.26. The van der Waals surface area contributed by atoms with Crippen LogP contribution in [0.25, 0.3) is 6.08 Å². The summed E-state index contributed by atoms with van der Waals surface area (Å²) in [4.78, 5) is 10.5. The smallest absolute Gasteiger partial charge is 0.328 e. The maximum Gasteiger partial charge on any atom is 0.328 e. The van der Waals surface area contributed by atoms with E-state index in [9.17, 15) is 4.79 Å². The highest BCUT2D eigenvalue weighted by Gasteiger charge is 2.04. The normalized spacial score (nSPS) is 12.8. The van der Waals surface area contributed by atoms with Crippen molar-refractivity contribution in [3.8, 4) is 0 Å². The van der Waals surface area contributed by atoms with Crippen molar-refractivity contribution in [2.45, 2.75) is 24.3 Å². The molecule has 1 rings (SSSR count). The number of hydrogen-bond donors (Lipinski definition) is 2. The van der Waals surface area contributed by atoms with E-state index in [-0.39, 0.29) is 6.61 Å². The van der Waals surface area contributed by atoms with E-state index < -0.39 is 5.97 Å². The monoisotopic (exact) mass is 266 g/mol. The number of thioether (sulfide) groups is 1. The van der Waals surface area contributed by atoms with Crippen molar-refractivity contribution in [3.05, 3.63) is 41.5 Å². The van der Waals surface area contributed by atoms with Gasteiger partial charge in [-0.2, -0.15) is 11.8 Å². The lowest BCUT2D eigenvalue weighted by Gasteiger charge is -2.11. The summed E-state index contributed by atoms with van der Waals surface area (Å²) in [5, 5.41) is 17.9. The number of carboxylic acid groups (broad SMARTS) is 1. The third kappa shape index (κ3) is 5.38. The van der Waals surface area contributed by atoms with Gasteiger partial charge in [-0.05, 0) is 23.6 Å². The zero-order chi connectivity index (χ0) is 13.4. The molecular formula is C14H18O3S. The highest BCUT2D eigenvalue weighted by molar-refractivity contribution is 7.99. The van der Waals surface area contributed by atoms with Crippen molar-refractivity contribution in [1.82, 2.24) is 0 Å². The Morgan fingerprint density at radius 1 is 1.44 bits per heavy atom. The molecule has 0 fully saturated rings. The molecule has 3 nitrogen and oxygen atoms in total. The summed E-state index contributed by atoms with van der Waals surface area (Å²) in [6.45, 7) is 2.28. The van der Waals surface area contributed by atoms with Gasteiger partial charge < -0.3 is 10.2 Å². The van der Waals surface area contributed by atoms with Crippen LogP contribution in [0.5, 0.6) is 0 Å². The molecule has 1 aromatic rings. The number of carboxylic acids is 1. The summed E-state index contributed by atoms with van der Waals surface area (Å²) in [5.74, 6) is -0.118. The fourth-order valence-corrected chi connectivity index (χ4v) is 2.49. The number of carbonyl (C=O) groups is 1. The van der Waals surface area contributed by atoms with Gasteiger partial charge in [0.15, 0.2) is 0 Å². The first-order valence-electron chi connectivity index (χ1n) is 5.85. The number of aliphatic hydroxyl groups is 1. The Balaban J connectivity index is 2.67. The van der Waals surface area contributed by atoms with Crippen molar-refractivity contribution in [2.24, 2.45) is 0 Å². The molecule has 98 valence electrons. The number of aliphatic hydroxyl groups excluding tert-OH is 1. The molecule has 1 aromatic carbocycles. The summed E-state index contributed by atoms with van der Waals surface area (Å²) in [5.41, 5.74) is 2.05. The van der Waals surface area contributed by atoms with Crippen molar-refractivity contribution >= 4 is 23.8 Å². The van der Waals surface area contributed by atoms with E-state index in [1.165, 1.54) is 0 Å². The molecule has 0 spiro atoms. The van der Waals surface area contributed by atoms with Crippen LogP contribution < -0.4 is 0 Å². The molecule has 1 atom stereocenters. The summed E-state index contributed by atoms with van der Waals surface area (Å²) in [6, 6.07) is 7.75. The van der Waals surface area contributed by atoms with Crippen molar-refractivity contribution in [3.63, 3.8) is 0 Å². The molecule has 0 amide bonds. The Morgan fingerprint density at radius 3 is 2.83 bits per heavy atom. The molecule has 0 bridgehead atoms. The molecule has 1 unspecified atom stereocenters. The van der Waals surface area contributed by atoms with E-state index in [0.29, 0.717) is 5.25 Å². The Kier molecular flexibility index (Phi) is 6.54. The fourth-order valence-electron chi connectivity index (χ4n) is 1.49. The number of benzene rings is 1. The lowest BCUT2D eigenvalue weighted by molar-refractivity contribution is -0.131. The van der Waals surface area contributed by atoms with E-state index in [0.717, 1.165) is 29.4 Å². The SMILES string of the molecule is CC(CCO)SCc1ccccc1C=CC(=O)O. The van der Waals surface area contributed by atoms with E-state index >= 15 is 0 Å². The Labute approximate surface area is 112 Å². The summed E-state index contributed by atoms with van der Waals surface area (Å²) < 4.78 is 0. The number of hydrogen-bond acceptors (Lipinski definition) is 3. The van der Waals surface area contributed by atoms with Gasteiger partial charge in [0.05, 0.1) is 0 Å². The first-order chi connectivity index (χ1) is 8.63. The van der Waals surface area contributed by atoms with Gasteiger partial charge in [0.25, 0.3) is 0 Å². The van der Waals surface area contributed by atoms with Gasteiger partial charge in [-0.1, -0.05) is 31.2 Å². The molecule has 0 aliphatic rings. The van der Waals surface area contributed by atoms with E-state index in [1.807, 2.05) is 24.3 Å². The maximum atomic E-state index is 10.5. The summed E-state index contributed by atoms with van der Waals surface area (Å²) in [6.07, 6.45) is 3.55. The van der Waals surface area contributed by atoms with Gasteiger partial charge in [-0.3, -0.25) is 0 Å². The van der Waals surface area contributed by atoms with Crippen molar-refractivity contribution in [2.75, 3.05) is 6.61 Å². The van der Waals surface area contributed by atoms with Crippen LogP contribution in [-0.2, 0) is 10.5 Å². The average molecular weight is 266 g/mol. The van der Waals surface area contributed by atoms with E-state index in [4.69, 9.17) is 10.2 Å². The minimum Gasteiger partial charge on any atom is -0.478 e. The zero-order valence-corrected chi connectivity index (χ0v) is 11.2. The molecule has 0 radical (unpaired) electrons. The lowest BCUT2D eigenvalue weighted by Crippen LogP contribution is -2.00. The van der Waals surface area contributed by atoms with E-state index in [1.54, 1.807) is 17.8 Å². The van der Waals surface area contributed by atoms with Crippen LogP contribution in [0.2, 0.25) is 0 Å². The molecule has 18 heavy (non-hydrogen) atoms. The molecule has 2 N–H and O–H groups in total. The van der Waals surface area contributed by atoms with E-state index in [2.05, 4.69) is 6.92 Å². The quantitative estimate of drug-likeness (QED) is 0.745. The molecule has 0 heterocycles. The maximum absolute atomic E-state index is 10.5. The Morgan fingerprint density at radius 2 is 2.17 bits per heavy atom. The predicted molar refractivity (Wildman–Crippen MR) is 75.6 cm³/mol. The standard InChI is InChI=1S/C14H18O3S/c1-11(8-9-15)18-10-13-5-3-2-4-12(13)6-7-14(16)17/h2-7,11,15H,8-10H2,1H3,(H,16,17). The second kappa shape index (κ2) is 7.95. The molecule has 0 aliphatic carbocycles. The largest absolute Gasteiger partial charge is 0.478 e. The molecule has 4 heteroatoms.